The second kappa shape index (κ2) is 7.77. The van der Waals surface area contributed by atoms with Gasteiger partial charge in [0.05, 0.1) is 11.0 Å². The molecule has 1 fully saturated rings. The van der Waals surface area contributed by atoms with Crippen LogP contribution in [-0.2, 0) is 11.0 Å². The Morgan fingerprint density at radius 1 is 0.613 bits per heavy atom. The van der Waals surface area contributed by atoms with E-state index in [9.17, 15) is 4.79 Å². The number of benzene rings is 4. The van der Waals surface area contributed by atoms with Crippen LogP contribution in [0.25, 0.3) is 0 Å². The molecule has 0 bridgehead atoms. The Labute approximate surface area is 182 Å². The molecule has 1 atom stereocenters. The molecule has 3 heteroatoms. The average molecular weight is 405 g/mol. The summed E-state index contributed by atoms with van der Waals surface area (Å²) in [7, 11) is 0. The van der Waals surface area contributed by atoms with Crippen molar-refractivity contribution in [1.29, 1.82) is 0 Å². The van der Waals surface area contributed by atoms with E-state index in [1.54, 1.807) is 12.1 Å². The first-order valence-electron chi connectivity index (χ1n) is 10.5. The predicted octanol–water partition coefficient (Wildman–Crippen LogP) is 6.06. The van der Waals surface area contributed by atoms with Gasteiger partial charge < -0.3 is 10.1 Å². The van der Waals surface area contributed by atoms with Gasteiger partial charge in [0, 0.05) is 0 Å². The van der Waals surface area contributed by atoms with Crippen LogP contribution in [0.1, 0.15) is 23.1 Å². The van der Waals surface area contributed by atoms with Crippen molar-refractivity contribution in [3.8, 4) is 5.75 Å². The van der Waals surface area contributed by atoms with Crippen LogP contribution in [0, 0.1) is 0 Å². The third kappa shape index (κ3) is 3.28. The number of hydrogen-bond acceptors (Lipinski definition) is 2. The Balaban J connectivity index is 1.61. The zero-order chi connectivity index (χ0) is 21.2. The fourth-order valence-corrected chi connectivity index (χ4v) is 4.75. The second-order valence-corrected chi connectivity index (χ2v) is 7.91. The van der Waals surface area contributed by atoms with Gasteiger partial charge in [-0.2, -0.15) is 0 Å². The SMILES string of the molecule is O=C(NC1(c2ccccc2)CC1(c1ccccc1)c1ccccc1)Oc1ccccc1. The van der Waals surface area contributed by atoms with E-state index in [4.69, 9.17) is 4.74 Å². The number of amides is 1. The number of ether oxygens (including phenoxy) is 1. The van der Waals surface area contributed by atoms with Crippen LogP contribution >= 0.6 is 0 Å². The van der Waals surface area contributed by atoms with Crippen LogP contribution in [0.3, 0.4) is 0 Å². The van der Waals surface area contributed by atoms with Crippen molar-refractivity contribution in [2.45, 2.75) is 17.4 Å². The Hall–Kier alpha value is -3.85. The number of carbonyl (C=O) groups excluding carboxylic acids is 1. The highest BCUT2D eigenvalue weighted by atomic mass is 16.6. The van der Waals surface area contributed by atoms with Crippen LogP contribution < -0.4 is 10.1 Å². The van der Waals surface area contributed by atoms with E-state index in [-0.39, 0.29) is 5.41 Å². The summed E-state index contributed by atoms with van der Waals surface area (Å²) < 4.78 is 5.63. The summed E-state index contributed by atoms with van der Waals surface area (Å²) in [5, 5.41) is 3.26. The summed E-state index contributed by atoms with van der Waals surface area (Å²) in [5.41, 5.74) is 2.41. The molecule has 1 N–H and O–H groups in total. The van der Waals surface area contributed by atoms with Gasteiger partial charge in [0.2, 0.25) is 0 Å². The standard InChI is InChI=1S/C28H23NO2/c30-26(31-25-19-11-4-12-20-25)29-28(24-17-9-3-10-18-24)21-27(28,22-13-5-1-6-14-22)23-15-7-2-8-16-23/h1-20H,21H2,(H,29,30). The largest absolute Gasteiger partial charge is 0.413 e. The van der Waals surface area contributed by atoms with Crippen LogP contribution in [0.4, 0.5) is 4.79 Å². The van der Waals surface area contributed by atoms with Gasteiger partial charge in [-0.1, -0.05) is 109 Å². The summed E-state index contributed by atoms with van der Waals surface area (Å²) >= 11 is 0. The molecule has 1 unspecified atom stereocenters. The lowest BCUT2D eigenvalue weighted by Crippen LogP contribution is -2.42. The first-order valence-corrected chi connectivity index (χ1v) is 10.5. The van der Waals surface area contributed by atoms with Crippen molar-refractivity contribution in [1.82, 2.24) is 5.32 Å². The normalized spacial score (nSPS) is 18.7. The molecule has 4 aromatic rings. The number of carbonyl (C=O) groups is 1. The quantitative estimate of drug-likeness (QED) is 0.438. The second-order valence-electron chi connectivity index (χ2n) is 7.91. The molecule has 0 aromatic heterocycles. The molecular formula is C28H23NO2. The lowest BCUT2D eigenvalue weighted by Gasteiger charge is -2.28. The molecule has 31 heavy (non-hydrogen) atoms. The average Bonchev–Trinajstić information content (AvgIpc) is 3.52. The van der Waals surface area contributed by atoms with Crippen LogP contribution in [0.5, 0.6) is 5.75 Å². The van der Waals surface area contributed by atoms with E-state index in [1.807, 2.05) is 48.5 Å². The van der Waals surface area contributed by atoms with E-state index in [0.717, 1.165) is 12.0 Å². The number of rotatable bonds is 5. The van der Waals surface area contributed by atoms with Crippen molar-refractivity contribution in [3.63, 3.8) is 0 Å². The Morgan fingerprint density at radius 3 is 1.52 bits per heavy atom. The molecule has 3 nitrogen and oxygen atoms in total. The summed E-state index contributed by atoms with van der Waals surface area (Å²) in [6.45, 7) is 0. The van der Waals surface area contributed by atoms with Crippen LogP contribution in [0.15, 0.2) is 121 Å². The molecule has 1 aliphatic rings. The molecule has 0 spiro atoms. The minimum Gasteiger partial charge on any atom is -0.410 e. The number of hydrogen-bond donors (Lipinski definition) is 1. The maximum atomic E-state index is 13.1. The minimum absolute atomic E-state index is 0.382. The van der Waals surface area contributed by atoms with Gasteiger partial charge in [-0.05, 0) is 35.2 Å². The molecule has 0 radical (unpaired) electrons. The fraction of sp³-hybridized carbons (Fsp3) is 0.107. The Bertz CT molecular complexity index is 1120. The lowest BCUT2D eigenvalue weighted by molar-refractivity contribution is 0.193. The highest BCUT2D eigenvalue weighted by molar-refractivity contribution is 5.75. The Kier molecular flexibility index (Phi) is 4.79. The monoisotopic (exact) mass is 405 g/mol. The first kappa shape index (κ1) is 19.1. The summed E-state index contributed by atoms with van der Waals surface area (Å²) in [4.78, 5) is 13.1. The zero-order valence-corrected chi connectivity index (χ0v) is 17.1. The summed E-state index contributed by atoms with van der Waals surface area (Å²) in [6.07, 6.45) is 0.297. The highest BCUT2D eigenvalue weighted by Crippen LogP contribution is 2.67. The van der Waals surface area contributed by atoms with E-state index in [2.05, 4.69) is 66.0 Å². The molecule has 0 heterocycles. The smallest absolute Gasteiger partial charge is 0.410 e. The van der Waals surface area contributed by atoms with E-state index in [1.165, 1.54) is 11.1 Å². The van der Waals surface area contributed by atoms with Crippen LogP contribution in [0.2, 0.25) is 0 Å². The van der Waals surface area contributed by atoms with Crippen molar-refractivity contribution in [2.75, 3.05) is 0 Å². The number of para-hydroxylation sites is 1. The number of nitrogens with one attached hydrogen (secondary N) is 1. The molecule has 5 rings (SSSR count). The van der Waals surface area contributed by atoms with Crippen molar-refractivity contribution >= 4 is 6.09 Å². The molecular weight excluding hydrogens is 382 g/mol. The van der Waals surface area contributed by atoms with E-state index >= 15 is 0 Å². The maximum absolute atomic E-state index is 13.1. The van der Waals surface area contributed by atoms with Gasteiger partial charge in [-0.25, -0.2) is 4.79 Å². The van der Waals surface area contributed by atoms with Gasteiger partial charge in [0.15, 0.2) is 0 Å². The Morgan fingerprint density at radius 2 is 1.03 bits per heavy atom. The van der Waals surface area contributed by atoms with Gasteiger partial charge in [-0.3, -0.25) is 0 Å². The summed E-state index contributed by atoms with van der Waals surface area (Å²) in [5.74, 6) is 0.522. The van der Waals surface area contributed by atoms with Gasteiger partial charge in [-0.15, -0.1) is 0 Å². The highest BCUT2D eigenvalue weighted by Gasteiger charge is 2.71. The molecule has 1 saturated carbocycles. The van der Waals surface area contributed by atoms with Crippen LogP contribution in [-0.4, -0.2) is 6.09 Å². The fourth-order valence-electron chi connectivity index (χ4n) is 4.75. The topological polar surface area (TPSA) is 38.3 Å². The molecule has 0 aliphatic heterocycles. The third-order valence-corrected chi connectivity index (χ3v) is 6.20. The lowest BCUT2D eigenvalue weighted by atomic mass is 9.81. The van der Waals surface area contributed by atoms with E-state index < -0.39 is 11.6 Å². The molecule has 1 aliphatic carbocycles. The van der Waals surface area contributed by atoms with Crippen molar-refractivity contribution < 1.29 is 9.53 Å². The molecule has 4 aromatic carbocycles. The zero-order valence-electron chi connectivity index (χ0n) is 17.1. The molecule has 0 saturated heterocycles. The first-order chi connectivity index (χ1) is 15.2. The predicted molar refractivity (Wildman–Crippen MR) is 122 cm³/mol. The molecule has 1 amide bonds. The maximum Gasteiger partial charge on any atom is 0.413 e. The minimum atomic E-state index is -0.608. The van der Waals surface area contributed by atoms with E-state index in [0.29, 0.717) is 5.75 Å². The van der Waals surface area contributed by atoms with Crippen molar-refractivity contribution in [2.24, 2.45) is 0 Å². The summed E-state index contributed by atoms with van der Waals surface area (Å²) in [6, 6.07) is 40.2. The van der Waals surface area contributed by atoms with Crippen molar-refractivity contribution in [3.05, 3.63) is 138 Å². The van der Waals surface area contributed by atoms with Gasteiger partial charge >= 0.3 is 6.09 Å². The van der Waals surface area contributed by atoms with Gasteiger partial charge in [0.25, 0.3) is 0 Å². The van der Waals surface area contributed by atoms with Gasteiger partial charge in [0.1, 0.15) is 5.75 Å². The molecule has 152 valence electrons. The third-order valence-electron chi connectivity index (χ3n) is 6.20.